The lowest BCUT2D eigenvalue weighted by Gasteiger charge is -2.28. The Morgan fingerprint density at radius 1 is 1.09 bits per heavy atom. The number of carbonyl (C=O) groups is 2. The molecule has 2 aliphatic rings. The molecule has 9 heteroatoms. The van der Waals surface area contributed by atoms with Gasteiger partial charge in [0.2, 0.25) is 12.7 Å². The molecule has 1 aromatic carbocycles. The summed E-state index contributed by atoms with van der Waals surface area (Å²) in [5, 5.41) is 4.58. The molecule has 0 spiro atoms. The molecule has 5 rings (SSSR count). The number of hydrogen-bond acceptors (Lipinski definition) is 7. The Morgan fingerprint density at radius 3 is 2.74 bits per heavy atom. The van der Waals surface area contributed by atoms with E-state index < -0.39 is 5.97 Å². The topological polar surface area (TPSA) is 95.8 Å². The van der Waals surface area contributed by atoms with Gasteiger partial charge in [0.25, 0.3) is 0 Å². The van der Waals surface area contributed by atoms with Crippen LogP contribution in [0, 0.1) is 0 Å². The second kappa shape index (κ2) is 9.54. The summed E-state index contributed by atoms with van der Waals surface area (Å²) in [7, 11) is 0. The van der Waals surface area contributed by atoms with Crippen LogP contribution in [0.15, 0.2) is 42.7 Å². The van der Waals surface area contributed by atoms with E-state index in [-0.39, 0.29) is 19.3 Å². The molecule has 0 fully saturated rings. The van der Waals surface area contributed by atoms with Crippen molar-refractivity contribution in [3.63, 3.8) is 0 Å². The van der Waals surface area contributed by atoms with Crippen LogP contribution in [0.25, 0.3) is 0 Å². The summed E-state index contributed by atoms with van der Waals surface area (Å²) < 4.78 is 17.9. The van der Waals surface area contributed by atoms with E-state index in [1.54, 1.807) is 24.2 Å². The molecule has 2 aliphatic heterocycles. The molecule has 0 unspecified atom stereocenters. The minimum atomic E-state index is -0.457. The van der Waals surface area contributed by atoms with Gasteiger partial charge in [0.1, 0.15) is 0 Å². The van der Waals surface area contributed by atoms with Gasteiger partial charge in [-0.2, -0.15) is 5.10 Å². The number of benzene rings is 1. The second-order valence-corrected chi connectivity index (χ2v) is 8.26. The molecule has 9 nitrogen and oxygen atoms in total. The van der Waals surface area contributed by atoms with Crippen molar-refractivity contribution < 1.29 is 23.8 Å². The normalized spacial score (nSPS) is 14.1. The maximum atomic E-state index is 13.0. The lowest BCUT2D eigenvalue weighted by atomic mass is 10.0. The first kappa shape index (κ1) is 21.9. The molecule has 0 bridgehead atoms. The molecule has 0 radical (unpaired) electrons. The second-order valence-electron chi connectivity index (χ2n) is 8.26. The van der Waals surface area contributed by atoms with E-state index in [1.165, 1.54) is 0 Å². The summed E-state index contributed by atoms with van der Waals surface area (Å²) in [5.41, 5.74) is 4.10. The molecule has 34 heavy (non-hydrogen) atoms. The van der Waals surface area contributed by atoms with E-state index in [1.807, 2.05) is 35.0 Å². The fourth-order valence-corrected chi connectivity index (χ4v) is 4.36. The van der Waals surface area contributed by atoms with Crippen LogP contribution in [-0.4, -0.2) is 51.5 Å². The summed E-state index contributed by atoms with van der Waals surface area (Å²) in [5.74, 6) is 1.03. The maximum absolute atomic E-state index is 13.0. The van der Waals surface area contributed by atoms with Crippen molar-refractivity contribution in [2.75, 3.05) is 19.9 Å². The number of amides is 1. The lowest BCUT2D eigenvalue weighted by Crippen LogP contribution is -2.37. The molecule has 0 saturated carbocycles. The van der Waals surface area contributed by atoms with Gasteiger partial charge in [-0.05, 0) is 48.7 Å². The predicted molar refractivity (Wildman–Crippen MR) is 122 cm³/mol. The summed E-state index contributed by atoms with van der Waals surface area (Å²) in [6.45, 7) is 3.72. The van der Waals surface area contributed by atoms with Gasteiger partial charge in [-0.3, -0.25) is 14.5 Å². The van der Waals surface area contributed by atoms with Crippen molar-refractivity contribution >= 4 is 11.9 Å². The number of ether oxygens (including phenoxy) is 3. The number of rotatable bonds is 7. The summed E-state index contributed by atoms with van der Waals surface area (Å²) in [6.07, 6.45) is 5.07. The van der Waals surface area contributed by atoms with Gasteiger partial charge in [-0.25, -0.2) is 4.79 Å². The van der Waals surface area contributed by atoms with Crippen LogP contribution in [0.2, 0.25) is 0 Å². The highest BCUT2D eigenvalue weighted by atomic mass is 16.7. The molecule has 176 valence electrons. The van der Waals surface area contributed by atoms with Crippen molar-refractivity contribution in [2.45, 2.75) is 39.3 Å². The number of carbonyl (C=O) groups excluding carboxylic acids is 2. The molecule has 1 amide bonds. The highest BCUT2D eigenvalue weighted by Crippen LogP contribution is 2.33. The molecule has 0 aliphatic carbocycles. The molecule has 3 aromatic rings. The first-order chi connectivity index (χ1) is 16.6. The number of aromatic nitrogens is 3. The van der Waals surface area contributed by atoms with Gasteiger partial charge >= 0.3 is 5.97 Å². The highest BCUT2D eigenvalue weighted by Gasteiger charge is 2.30. The number of esters is 1. The molecule has 4 heterocycles. The van der Waals surface area contributed by atoms with E-state index in [4.69, 9.17) is 14.2 Å². The first-order valence-corrected chi connectivity index (χ1v) is 11.4. The van der Waals surface area contributed by atoms with Crippen molar-refractivity contribution in [2.24, 2.45) is 0 Å². The molecular formula is C25H26N4O5. The Balaban J connectivity index is 1.31. The highest BCUT2D eigenvalue weighted by molar-refractivity contribution is 5.89. The summed E-state index contributed by atoms with van der Waals surface area (Å²) >= 11 is 0. The predicted octanol–water partition coefficient (Wildman–Crippen LogP) is 2.75. The molecule has 0 N–H and O–H groups in total. The van der Waals surface area contributed by atoms with Crippen LogP contribution < -0.4 is 9.47 Å². The average molecular weight is 463 g/mol. The standard InChI is InChI=1S/C25H26N4O5/c1-2-32-25(31)24-19-15-28(12-9-20(19)29(27-24)14-18-7-10-26-11-8-18)23(30)6-4-17-3-5-21-22(13-17)34-16-33-21/h3,5,7-8,10-11,13H,2,4,6,9,12,14-16H2,1H3. The van der Waals surface area contributed by atoms with E-state index >= 15 is 0 Å². The number of aryl methyl sites for hydroxylation is 1. The minimum Gasteiger partial charge on any atom is -0.461 e. The van der Waals surface area contributed by atoms with Gasteiger partial charge in [-0.1, -0.05) is 6.07 Å². The smallest absolute Gasteiger partial charge is 0.359 e. The zero-order valence-electron chi connectivity index (χ0n) is 19.0. The van der Waals surface area contributed by atoms with Crippen LogP contribution in [0.5, 0.6) is 11.5 Å². The van der Waals surface area contributed by atoms with Crippen LogP contribution in [0.1, 0.15) is 46.2 Å². The zero-order valence-corrected chi connectivity index (χ0v) is 19.0. The average Bonchev–Trinajstić information content (AvgIpc) is 3.47. The monoisotopic (exact) mass is 462 g/mol. The number of nitrogens with zero attached hydrogens (tertiary/aromatic N) is 4. The van der Waals surface area contributed by atoms with Crippen molar-refractivity contribution in [3.05, 3.63) is 70.8 Å². The minimum absolute atomic E-state index is 0.0417. The Kier molecular flexibility index (Phi) is 6.16. The molecular weight excluding hydrogens is 436 g/mol. The van der Waals surface area contributed by atoms with Gasteiger partial charge in [0.15, 0.2) is 17.2 Å². The third-order valence-electron chi connectivity index (χ3n) is 6.10. The van der Waals surface area contributed by atoms with Gasteiger partial charge < -0.3 is 19.1 Å². The molecule has 0 atom stereocenters. The number of hydrogen-bond donors (Lipinski definition) is 0. The maximum Gasteiger partial charge on any atom is 0.359 e. The lowest BCUT2D eigenvalue weighted by molar-refractivity contribution is -0.132. The first-order valence-electron chi connectivity index (χ1n) is 11.4. The molecule has 0 saturated heterocycles. The fourth-order valence-electron chi connectivity index (χ4n) is 4.36. The van der Waals surface area contributed by atoms with Gasteiger partial charge in [0.05, 0.1) is 13.2 Å². The Hall–Kier alpha value is -3.88. The zero-order chi connectivity index (χ0) is 23.5. The Morgan fingerprint density at radius 2 is 1.91 bits per heavy atom. The molecule has 2 aromatic heterocycles. The van der Waals surface area contributed by atoms with E-state index in [0.717, 1.165) is 28.1 Å². The Labute approximate surface area is 197 Å². The van der Waals surface area contributed by atoms with Crippen LogP contribution in [0.3, 0.4) is 0 Å². The van der Waals surface area contributed by atoms with Crippen molar-refractivity contribution in [1.29, 1.82) is 0 Å². The van der Waals surface area contributed by atoms with E-state index in [0.29, 0.717) is 50.3 Å². The van der Waals surface area contributed by atoms with Gasteiger partial charge in [0, 0.05) is 49.6 Å². The summed E-state index contributed by atoms with van der Waals surface area (Å²) in [4.78, 5) is 31.5. The third-order valence-corrected chi connectivity index (χ3v) is 6.10. The fraction of sp³-hybridized carbons (Fsp3) is 0.360. The Bertz CT molecular complexity index is 1210. The summed E-state index contributed by atoms with van der Waals surface area (Å²) in [6, 6.07) is 9.60. The van der Waals surface area contributed by atoms with Crippen LogP contribution >= 0.6 is 0 Å². The van der Waals surface area contributed by atoms with E-state index in [9.17, 15) is 9.59 Å². The van der Waals surface area contributed by atoms with Crippen LogP contribution in [-0.2, 0) is 35.5 Å². The van der Waals surface area contributed by atoms with Crippen LogP contribution in [0.4, 0.5) is 0 Å². The number of pyridine rings is 1. The largest absolute Gasteiger partial charge is 0.461 e. The van der Waals surface area contributed by atoms with Crippen molar-refractivity contribution in [3.8, 4) is 11.5 Å². The van der Waals surface area contributed by atoms with E-state index in [2.05, 4.69) is 10.1 Å². The SMILES string of the molecule is CCOC(=O)c1nn(Cc2ccncc2)c2c1CN(C(=O)CCc1ccc3c(c1)OCO3)CC2. The third kappa shape index (κ3) is 4.46. The van der Waals surface area contributed by atoms with Gasteiger partial charge in [-0.15, -0.1) is 0 Å². The number of fused-ring (bicyclic) bond motifs is 2. The van der Waals surface area contributed by atoms with Crippen molar-refractivity contribution in [1.82, 2.24) is 19.7 Å². The quantitative estimate of drug-likeness (QED) is 0.498.